The van der Waals surface area contributed by atoms with Crippen LogP contribution in [0, 0.1) is 0 Å². The first-order valence-corrected chi connectivity index (χ1v) is 4.79. The number of aliphatic hydroxyl groups is 1. The molecule has 0 saturated carbocycles. The summed E-state index contributed by atoms with van der Waals surface area (Å²) in [7, 11) is 0. The van der Waals surface area contributed by atoms with Crippen LogP contribution in [0.3, 0.4) is 0 Å². The molecule has 1 heterocycles. The number of carbonyl (C=O) groups is 2. The maximum absolute atomic E-state index is 11.6. The molecule has 1 aromatic rings. The molecule has 1 aliphatic heterocycles. The molecule has 0 aliphatic carbocycles. The number of piperidine rings is 1. The number of rotatable bonds is 1. The van der Waals surface area contributed by atoms with Crippen molar-refractivity contribution in [3.05, 3.63) is 30.3 Å². The van der Waals surface area contributed by atoms with E-state index in [9.17, 15) is 14.7 Å². The van der Waals surface area contributed by atoms with E-state index in [1.165, 1.54) is 4.90 Å². The van der Waals surface area contributed by atoms with Gasteiger partial charge in [0, 0.05) is 12.2 Å². The smallest absolute Gasteiger partial charge is 0.297 e. The number of Topliss-reactive ketones (excluding diaryl/α,β-unsaturated/α-hetero) is 1. The van der Waals surface area contributed by atoms with Crippen LogP contribution in [0.4, 0.5) is 5.69 Å². The van der Waals surface area contributed by atoms with Crippen LogP contribution in [0.15, 0.2) is 30.3 Å². The molecule has 1 aliphatic rings. The molecular weight excluding hydrogens is 194 g/mol. The van der Waals surface area contributed by atoms with Gasteiger partial charge in [0.25, 0.3) is 5.91 Å². The Bertz CT molecular complexity index is 388. The zero-order valence-electron chi connectivity index (χ0n) is 8.09. The third-order valence-corrected chi connectivity index (χ3v) is 2.45. The summed E-state index contributed by atoms with van der Waals surface area (Å²) in [6, 6.07) is 8.98. The van der Waals surface area contributed by atoms with E-state index in [1.807, 2.05) is 6.07 Å². The molecule has 1 amide bonds. The summed E-state index contributed by atoms with van der Waals surface area (Å²) in [4.78, 5) is 24.2. The van der Waals surface area contributed by atoms with Gasteiger partial charge in [0.05, 0.1) is 0 Å². The van der Waals surface area contributed by atoms with Gasteiger partial charge in [-0.1, -0.05) is 18.2 Å². The predicted molar refractivity (Wildman–Crippen MR) is 54.4 cm³/mol. The van der Waals surface area contributed by atoms with Crippen molar-refractivity contribution in [2.24, 2.45) is 0 Å². The Kier molecular flexibility index (Phi) is 2.51. The van der Waals surface area contributed by atoms with Crippen LogP contribution in [0.5, 0.6) is 0 Å². The number of benzene rings is 1. The molecule has 0 aromatic heterocycles. The number of hydrogen-bond acceptors (Lipinski definition) is 3. The molecular formula is C11H11NO3. The highest BCUT2D eigenvalue weighted by Crippen LogP contribution is 2.18. The Morgan fingerprint density at radius 3 is 2.53 bits per heavy atom. The number of aliphatic hydroxyl groups excluding tert-OH is 1. The molecule has 4 nitrogen and oxygen atoms in total. The van der Waals surface area contributed by atoms with Crippen molar-refractivity contribution in [3.8, 4) is 0 Å². The van der Waals surface area contributed by atoms with Gasteiger partial charge in [0.15, 0.2) is 0 Å². The Labute approximate surface area is 87.1 Å². The molecule has 4 heteroatoms. The zero-order chi connectivity index (χ0) is 10.8. The van der Waals surface area contributed by atoms with E-state index in [2.05, 4.69) is 0 Å². The Morgan fingerprint density at radius 2 is 1.87 bits per heavy atom. The lowest BCUT2D eigenvalue weighted by atomic mass is 10.1. The lowest BCUT2D eigenvalue weighted by molar-refractivity contribution is -0.143. The lowest BCUT2D eigenvalue weighted by Crippen LogP contribution is -2.48. The summed E-state index contributed by atoms with van der Waals surface area (Å²) in [6.45, 7) is 0.385. The van der Waals surface area contributed by atoms with Crippen molar-refractivity contribution in [3.63, 3.8) is 0 Å². The molecule has 1 N–H and O–H groups in total. The quantitative estimate of drug-likeness (QED) is 0.673. The summed E-state index contributed by atoms with van der Waals surface area (Å²) >= 11 is 0. The van der Waals surface area contributed by atoms with Crippen molar-refractivity contribution >= 4 is 17.4 Å². The van der Waals surface area contributed by atoms with E-state index < -0.39 is 17.8 Å². The minimum Gasteiger partial charge on any atom is -0.385 e. The number of anilines is 1. The minimum atomic E-state index is -1.13. The van der Waals surface area contributed by atoms with Gasteiger partial charge in [-0.3, -0.25) is 9.59 Å². The number of hydrogen-bond donors (Lipinski definition) is 1. The predicted octanol–water partition coefficient (Wildman–Crippen LogP) is 0.353. The van der Waals surface area contributed by atoms with Gasteiger partial charge in [-0.25, -0.2) is 0 Å². The maximum atomic E-state index is 11.6. The third kappa shape index (κ3) is 1.76. The standard InChI is InChI=1S/C11H11NO3/c13-9-6-7-12(11(15)10(9)14)8-4-2-1-3-5-8/h1-5,9,13H,6-7H2. The molecule has 0 radical (unpaired) electrons. The molecule has 1 unspecified atom stereocenters. The average Bonchev–Trinajstić information content (AvgIpc) is 2.27. The molecule has 1 aromatic carbocycles. The summed E-state index contributed by atoms with van der Waals surface area (Å²) in [6.07, 6.45) is -0.822. The van der Waals surface area contributed by atoms with E-state index in [1.54, 1.807) is 24.3 Å². The Hall–Kier alpha value is -1.68. The molecule has 1 atom stereocenters. The molecule has 1 fully saturated rings. The van der Waals surface area contributed by atoms with Gasteiger partial charge in [0.1, 0.15) is 6.10 Å². The van der Waals surface area contributed by atoms with Crippen LogP contribution < -0.4 is 4.90 Å². The fourth-order valence-corrected chi connectivity index (χ4v) is 1.61. The van der Waals surface area contributed by atoms with Gasteiger partial charge in [-0.2, -0.15) is 0 Å². The van der Waals surface area contributed by atoms with Gasteiger partial charge < -0.3 is 10.0 Å². The van der Waals surface area contributed by atoms with Crippen LogP contribution in [-0.4, -0.2) is 29.4 Å². The first kappa shape index (κ1) is 9.86. The number of ketones is 1. The number of nitrogens with zero attached hydrogens (tertiary/aromatic N) is 1. The van der Waals surface area contributed by atoms with E-state index in [0.717, 1.165) is 0 Å². The van der Waals surface area contributed by atoms with Gasteiger partial charge in [-0.15, -0.1) is 0 Å². The molecule has 78 valence electrons. The molecule has 2 rings (SSSR count). The summed E-state index contributed by atoms with van der Waals surface area (Å²) in [5.41, 5.74) is 0.697. The number of amides is 1. The van der Waals surface area contributed by atoms with Crippen LogP contribution >= 0.6 is 0 Å². The molecule has 15 heavy (non-hydrogen) atoms. The first-order valence-electron chi connectivity index (χ1n) is 4.79. The highest BCUT2D eigenvalue weighted by Gasteiger charge is 2.33. The highest BCUT2D eigenvalue weighted by molar-refractivity contribution is 6.43. The van der Waals surface area contributed by atoms with Crippen LogP contribution in [0.2, 0.25) is 0 Å². The lowest BCUT2D eigenvalue weighted by Gasteiger charge is -2.28. The third-order valence-electron chi connectivity index (χ3n) is 2.45. The molecule has 1 saturated heterocycles. The normalized spacial score (nSPS) is 21.9. The van der Waals surface area contributed by atoms with Crippen LogP contribution in [-0.2, 0) is 9.59 Å². The zero-order valence-corrected chi connectivity index (χ0v) is 8.09. The van der Waals surface area contributed by atoms with Gasteiger partial charge in [-0.05, 0) is 18.6 Å². The highest BCUT2D eigenvalue weighted by atomic mass is 16.3. The van der Waals surface area contributed by atoms with E-state index in [0.29, 0.717) is 18.7 Å². The summed E-state index contributed by atoms with van der Waals surface area (Å²) in [5.74, 6) is -1.34. The van der Waals surface area contributed by atoms with Crippen molar-refractivity contribution in [2.45, 2.75) is 12.5 Å². The summed E-state index contributed by atoms with van der Waals surface area (Å²) in [5, 5.41) is 9.22. The maximum Gasteiger partial charge on any atom is 0.297 e. The second-order valence-corrected chi connectivity index (χ2v) is 3.46. The topological polar surface area (TPSA) is 57.6 Å². The monoisotopic (exact) mass is 205 g/mol. The van der Waals surface area contributed by atoms with Crippen molar-refractivity contribution in [1.29, 1.82) is 0 Å². The number of para-hydroxylation sites is 1. The van der Waals surface area contributed by atoms with Gasteiger partial charge in [0.2, 0.25) is 5.78 Å². The fourth-order valence-electron chi connectivity index (χ4n) is 1.61. The van der Waals surface area contributed by atoms with E-state index in [-0.39, 0.29) is 0 Å². The Balaban J connectivity index is 2.25. The van der Waals surface area contributed by atoms with Crippen molar-refractivity contribution < 1.29 is 14.7 Å². The van der Waals surface area contributed by atoms with Gasteiger partial charge >= 0.3 is 0 Å². The minimum absolute atomic E-state index is 0.305. The van der Waals surface area contributed by atoms with Crippen LogP contribution in [0.1, 0.15) is 6.42 Å². The average molecular weight is 205 g/mol. The first-order chi connectivity index (χ1) is 7.20. The van der Waals surface area contributed by atoms with E-state index >= 15 is 0 Å². The number of carbonyl (C=O) groups excluding carboxylic acids is 2. The molecule has 0 spiro atoms. The van der Waals surface area contributed by atoms with Crippen molar-refractivity contribution in [2.75, 3.05) is 11.4 Å². The van der Waals surface area contributed by atoms with Crippen LogP contribution in [0.25, 0.3) is 0 Å². The van der Waals surface area contributed by atoms with E-state index in [4.69, 9.17) is 0 Å². The van der Waals surface area contributed by atoms with Crippen molar-refractivity contribution in [1.82, 2.24) is 0 Å². The molecule has 0 bridgehead atoms. The fraction of sp³-hybridized carbons (Fsp3) is 0.273. The summed E-state index contributed by atoms with van der Waals surface area (Å²) < 4.78 is 0. The largest absolute Gasteiger partial charge is 0.385 e. The second-order valence-electron chi connectivity index (χ2n) is 3.46. The Morgan fingerprint density at radius 1 is 1.20 bits per heavy atom. The second kappa shape index (κ2) is 3.82. The SMILES string of the molecule is O=C1C(=O)N(c2ccccc2)CCC1O.